The fourth-order valence-electron chi connectivity index (χ4n) is 2.95. The maximum absolute atomic E-state index is 13.2. The summed E-state index contributed by atoms with van der Waals surface area (Å²) in [5.41, 5.74) is 2.71. The van der Waals surface area contributed by atoms with Crippen molar-refractivity contribution in [3.05, 3.63) is 92.6 Å². The molecule has 27 heavy (non-hydrogen) atoms. The first kappa shape index (κ1) is 17.7. The van der Waals surface area contributed by atoms with Gasteiger partial charge in [0.05, 0.1) is 30.5 Å². The van der Waals surface area contributed by atoms with Crippen molar-refractivity contribution in [3.8, 4) is 5.69 Å². The van der Waals surface area contributed by atoms with Gasteiger partial charge in [-0.3, -0.25) is 4.79 Å². The van der Waals surface area contributed by atoms with Gasteiger partial charge >= 0.3 is 0 Å². The predicted octanol–water partition coefficient (Wildman–Crippen LogP) is 5.15. The average molecular weight is 394 g/mol. The molecular formula is C21H19N3OS2. The van der Waals surface area contributed by atoms with E-state index >= 15 is 0 Å². The zero-order valence-corrected chi connectivity index (χ0v) is 16.5. The second kappa shape index (κ2) is 7.90. The summed E-state index contributed by atoms with van der Waals surface area (Å²) in [6.07, 6.45) is 3.48. The maximum atomic E-state index is 13.2. The summed E-state index contributed by atoms with van der Waals surface area (Å²) < 4.78 is 1.77. The molecule has 0 fully saturated rings. The number of hydrogen-bond acceptors (Lipinski definition) is 4. The SMILES string of the molecule is Cc1ccccc1-n1cc(C(=O)N(Cc2cccs2)Cc2cccs2)cn1. The normalized spacial score (nSPS) is 10.9. The van der Waals surface area contributed by atoms with Crippen molar-refractivity contribution >= 4 is 28.6 Å². The van der Waals surface area contributed by atoms with Gasteiger partial charge in [-0.25, -0.2) is 4.68 Å². The lowest BCUT2D eigenvalue weighted by Crippen LogP contribution is -2.29. The molecule has 0 radical (unpaired) electrons. The van der Waals surface area contributed by atoms with E-state index in [0.29, 0.717) is 18.7 Å². The van der Waals surface area contributed by atoms with Gasteiger partial charge in [0.15, 0.2) is 0 Å². The summed E-state index contributed by atoms with van der Waals surface area (Å²) >= 11 is 3.34. The van der Waals surface area contributed by atoms with Crippen LogP contribution in [0.4, 0.5) is 0 Å². The zero-order chi connectivity index (χ0) is 18.6. The number of para-hydroxylation sites is 1. The van der Waals surface area contributed by atoms with E-state index in [9.17, 15) is 4.79 Å². The molecule has 0 aliphatic carbocycles. The van der Waals surface area contributed by atoms with Crippen LogP contribution in [0.1, 0.15) is 25.7 Å². The van der Waals surface area contributed by atoms with E-state index in [4.69, 9.17) is 0 Å². The molecular weight excluding hydrogens is 374 g/mol. The van der Waals surface area contributed by atoms with E-state index in [1.165, 1.54) is 9.75 Å². The molecule has 1 aromatic carbocycles. The highest BCUT2D eigenvalue weighted by atomic mass is 32.1. The minimum absolute atomic E-state index is 0.00312. The van der Waals surface area contributed by atoms with E-state index in [2.05, 4.69) is 17.2 Å². The van der Waals surface area contributed by atoms with E-state index in [1.807, 2.05) is 65.2 Å². The summed E-state index contributed by atoms with van der Waals surface area (Å²) in [7, 11) is 0. The van der Waals surface area contributed by atoms with Crippen molar-refractivity contribution in [2.24, 2.45) is 0 Å². The highest BCUT2D eigenvalue weighted by Crippen LogP contribution is 2.20. The number of amides is 1. The van der Waals surface area contributed by atoms with Crippen molar-refractivity contribution in [1.29, 1.82) is 0 Å². The molecule has 0 saturated carbocycles. The fraction of sp³-hybridized carbons (Fsp3) is 0.143. The number of benzene rings is 1. The van der Waals surface area contributed by atoms with Gasteiger partial charge in [-0.05, 0) is 41.4 Å². The van der Waals surface area contributed by atoms with Crippen LogP contribution < -0.4 is 0 Å². The van der Waals surface area contributed by atoms with Crippen LogP contribution in [0.15, 0.2) is 71.7 Å². The Balaban J connectivity index is 1.60. The van der Waals surface area contributed by atoms with Crippen LogP contribution in [0.25, 0.3) is 5.69 Å². The van der Waals surface area contributed by atoms with Gasteiger partial charge in [-0.2, -0.15) is 5.10 Å². The first-order valence-corrected chi connectivity index (χ1v) is 10.4. The lowest BCUT2D eigenvalue weighted by Gasteiger charge is -2.21. The van der Waals surface area contributed by atoms with Crippen molar-refractivity contribution in [2.75, 3.05) is 0 Å². The van der Waals surface area contributed by atoms with Crippen LogP contribution in [-0.2, 0) is 13.1 Å². The molecule has 0 aliphatic heterocycles. The Morgan fingerprint density at radius 2 is 1.67 bits per heavy atom. The van der Waals surface area contributed by atoms with E-state index in [0.717, 1.165) is 11.3 Å². The topological polar surface area (TPSA) is 38.1 Å². The van der Waals surface area contributed by atoms with Crippen molar-refractivity contribution < 1.29 is 4.79 Å². The lowest BCUT2D eigenvalue weighted by molar-refractivity contribution is 0.0733. The lowest BCUT2D eigenvalue weighted by atomic mass is 10.2. The van der Waals surface area contributed by atoms with Crippen LogP contribution in [0.5, 0.6) is 0 Å². The number of nitrogens with zero attached hydrogens (tertiary/aromatic N) is 3. The highest BCUT2D eigenvalue weighted by molar-refractivity contribution is 7.10. The molecule has 0 aliphatic rings. The van der Waals surface area contributed by atoms with Gasteiger partial charge in [0.2, 0.25) is 0 Å². The number of rotatable bonds is 6. The van der Waals surface area contributed by atoms with E-state index in [-0.39, 0.29) is 5.91 Å². The first-order chi connectivity index (χ1) is 13.2. The summed E-state index contributed by atoms with van der Waals surface area (Å²) in [4.78, 5) is 17.4. The molecule has 4 rings (SSSR count). The molecule has 0 bridgehead atoms. The molecule has 0 spiro atoms. The monoisotopic (exact) mass is 393 g/mol. The quantitative estimate of drug-likeness (QED) is 0.454. The average Bonchev–Trinajstić information content (AvgIpc) is 3.44. The molecule has 0 saturated heterocycles. The summed E-state index contributed by atoms with van der Waals surface area (Å²) in [6, 6.07) is 16.2. The van der Waals surface area contributed by atoms with E-state index < -0.39 is 0 Å². The number of carbonyl (C=O) groups excluding carboxylic acids is 1. The van der Waals surface area contributed by atoms with Crippen molar-refractivity contribution in [2.45, 2.75) is 20.0 Å². The minimum atomic E-state index is -0.00312. The summed E-state index contributed by atoms with van der Waals surface area (Å²) in [5.74, 6) is -0.00312. The molecule has 3 heterocycles. The third kappa shape index (κ3) is 4.02. The van der Waals surface area contributed by atoms with Gasteiger partial charge in [-0.15, -0.1) is 22.7 Å². The zero-order valence-electron chi connectivity index (χ0n) is 14.9. The Morgan fingerprint density at radius 1 is 1.00 bits per heavy atom. The Morgan fingerprint density at radius 3 is 2.26 bits per heavy atom. The van der Waals surface area contributed by atoms with E-state index in [1.54, 1.807) is 33.6 Å². The number of aromatic nitrogens is 2. The maximum Gasteiger partial charge on any atom is 0.257 e. The van der Waals surface area contributed by atoms with Gasteiger partial charge in [0, 0.05) is 16.0 Å². The molecule has 0 unspecified atom stereocenters. The third-order valence-corrected chi connectivity index (χ3v) is 6.05. The number of aryl methyl sites for hydroxylation is 1. The van der Waals surface area contributed by atoms with Crippen molar-refractivity contribution in [3.63, 3.8) is 0 Å². The minimum Gasteiger partial charge on any atom is -0.328 e. The first-order valence-electron chi connectivity index (χ1n) is 8.65. The summed E-state index contributed by atoms with van der Waals surface area (Å²) in [6.45, 7) is 3.24. The molecule has 4 nitrogen and oxygen atoms in total. The molecule has 4 aromatic rings. The van der Waals surface area contributed by atoms with Crippen LogP contribution in [0.3, 0.4) is 0 Å². The molecule has 3 aromatic heterocycles. The predicted molar refractivity (Wildman–Crippen MR) is 111 cm³/mol. The second-order valence-corrected chi connectivity index (χ2v) is 8.34. The van der Waals surface area contributed by atoms with Gasteiger partial charge in [-0.1, -0.05) is 30.3 Å². The number of carbonyl (C=O) groups is 1. The Hall–Kier alpha value is -2.70. The number of thiophene rings is 2. The molecule has 0 N–H and O–H groups in total. The Bertz CT molecular complexity index is 983. The fourth-order valence-corrected chi connectivity index (χ4v) is 4.39. The summed E-state index contributed by atoms with van der Waals surface area (Å²) in [5, 5.41) is 8.50. The third-order valence-electron chi connectivity index (χ3n) is 4.33. The number of hydrogen-bond donors (Lipinski definition) is 0. The van der Waals surface area contributed by atoms with Crippen LogP contribution >= 0.6 is 22.7 Å². The Labute approximate surface area is 166 Å². The van der Waals surface area contributed by atoms with Gasteiger partial charge in [0.25, 0.3) is 5.91 Å². The van der Waals surface area contributed by atoms with Gasteiger partial charge in [0.1, 0.15) is 0 Å². The van der Waals surface area contributed by atoms with Crippen LogP contribution in [-0.4, -0.2) is 20.6 Å². The van der Waals surface area contributed by atoms with Gasteiger partial charge < -0.3 is 4.90 Å². The molecule has 6 heteroatoms. The highest BCUT2D eigenvalue weighted by Gasteiger charge is 2.19. The largest absolute Gasteiger partial charge is 0.328 e. The van der Waals surface area contributed by atoms with Crippen LogP contribution in [0.2, 0.25) is 0 Å². The smallest absolute Gasteiger partial charge is 0.257 e. The molecule has 1 amide bonds. The standard InChI is InChI=1S/C21H19N3OS2/c1-16-6-2-3-9-20(16)24-13-17(12-22-24)21(25)23(14-18-7-4-10-26-18)15-19-8-5-11-27-19/h2-13H,14-15H2,1H3. The molecule has 136 valence electrons. The molecule has 0 atom stereocenters. The van der Waals surface area contributed by atoms with Crippen LogP contribution in [0, 0.1) is 6.92 Å². The van der Waals surface area contributed by atoms with Crippen molar-refractivity contribution in [1.82, 2.24) is 14.7 Å². The Kier molecular flexibility index (Phi) is 5.18. The second-order valence-electron chi connectivity index (χ2n) is 6.28.